The quantitative estimate of drug-likeness (QED) is 0.728. The van der Waals surface area contributed by atoms with Gasteiger partial charge < -0.3 is 10.5 Å². The number of benzene rings is 1. The molecule has 7 heteroatoms. The first kappa shape index (κ1) is 16.9. The van der Waals surface area contributed by atoms with E-state index < -0.39 is 0 Å². The number of methoxy groups -OCH3 is 1. The number of hydrogen-bond acceptors (Lipinski definition) is 6. The van der Waals surface area contributed by atoms with Crippen LogP contribution in [0.1, 0.15) is 23.6 Å². The lowest BCUT2D eigenvalue weighted by atomic mass is 10.0. The lowest BCUT2D eigenvalue weighted by Gasteiger charge is -2.15. The summed E-state index contributed by atoms with van der Waals surface area (Å²) in [5.74, 6) is 1.27. The Labute approximate surface area is 152 Å². The van der Waals surface area contributed by atoms with Gasteiger partial charge in [-0.05, 0) is 30.7 Å². The summed E-state index contributed by atoms with van der Waals surface area (Å²) in [6.07, 6.45) is 4.54. The molecule has 26 heavy (non-hydrogen) atoms. The molecule has 1 aromatic carbocycles. The molecular formula is C19H24N6O. The maximum atomic E-state index is 5.72. The second kappa shape index (κ2) is 7.39. The number of hydrogen-bond donors (Lipinski definition) is 1. The SMILES string of the molecule is COc1ccc(CN2CC[C@H](c3nn(CCN)c4nccnc34)C2)cc1. The van der Waals surface area contributed by atoms with Crippen molar-refractivity contribution in [2.45, 2.75) is 25.4 Å². The Morgan fingerprint density at radius 3 is 2.77 bits per heavy atom. The van der Waals surface area contributed by atoms with Gasteiger partial charge >= 0.3 is 0 Å². The van der Waals surface area contributed by atoms with Gasteiger partial charge in [-0.25, -0.2) is 14.6 Å². The van der Waals surface area contributed by atoms with Crippen LogP contribution in [-0.2, 0) is 13.1 Å². The summed E-state index contributed by atoms with van der Waals surface area (Å²) in [4.78, 5) is 11.5. The molecule has 0 unspecified atom stereocenters. The number of aromatic nitrogens is 4. The van der Waals surface area contributed by atoms with E-state index in [0.29, 0.717) is 19.0 Å². The van der Waals surface area contributed by atoms with Crippen molar-refractivity contribution in [2.24, 2.45) is 5.73 Å². The van der Waals surface area contributed by atoms with E-state index >= 15 is 0 Å². The molecule has 0 aliphatic carbocycles. The molecule has 0 saturated carbocycles. The van der Waals surface area contributed by atoms with Crippen molar-refractivity contribution >= 4 is 11.2 Å². The van der Waals surface area contributed by atoms with E-state index in [-0.39, 0.29) is 0 Å². The fourth-order valence-corrected chi connectivity index (χ4v) is 3.67. The van der Waals surface area contributed by atoms with Gasteiger partial charge in [-0.3, -0.25) is 4.90 Å². The van der Waals surface area contributed by atoms with E-state index in [4.69, 9.17) is 15.6 Å². The highest BCUT2D eigenvalue weighted by molar-refractivity contribution is 5.73. The Balaban J connectivity index is 1.50. The van der Waals surface area contributed by atoms with E-state index in [1.807, 2.05) is 16.8 Å². The average molecular weight is 352 g/mol. The van der Waals surface area contributed by atoms with E-state index in [0.717, 1.165) is 48.7 Å². The molecule has 3 heterocycles. The summed E-state index contributed by atoms with van der Waals surface area (Å²) in [5.41, 5.74) is 9.82. The minimum Gasteiger partial charge on any atom is -0.497 e. The fourth-order valence-electron chi connectivity index (χ4n) is 3.67. The predicted octanol–water partition coefficient (Wildman–Crippen LogP) is 1.78. The molecule has 1 atom stereocenters. The van der Waals surface area contributed by atoms with Crippen LogP contribution in [0, 0.1) is 0 Å². The number of nitrogens with zero attached hydrogens (tertiary/aromatic N) is 5. The second-order valence-electron chi connectivity index (χ2n) is 6.69. The molecule has 0 radical (unpaired) electrons. The van der Waals surface area contributed by atoms with Crippen molar-refractivity contribution in [1.82, 2.24) is 24.6 Å². The largest absolute Gasteiger partial charge is 0.497 e. The highest BCUT2D eigenvalue weighted by Crippen LogP contribution is 2.31. The summed E-state index contributed by atoms with van der Waals surface area (Å²) in [5, 5.41) is 4.79. The molecular weight excluding hydrogens is 328 g/mol. The molecule has 1 saturated heterocycles. The van der Waals surface area contributed by atoms with Crippen LogP contribution in [-0.4, -0.2) is 51.4 Å². The molecule has 136 valence electrons. The first-order valence-electron chi connectivity index (χ1n) is 9.01. The molecule has 1 aliphatic rings. The van der Waals surface area contributed by atoms with E-state index in [9.17, 15) is 0 Å². The number of nitrogens with two attached hydrogens (primary N) is 1. The van der Waals surface area contributed by atoms with Crippen molar-refractivity contribution in [1.29, 1.82) is 0 Å². The lowest BCUT2D eigenvalue weighted by molar-refractivity contribution is 0.326. The molecule has 4 rings (SSSR count). The van der Waals surface area contributed by atoms with Crippen molar-refractivity contribution in [3.63, 3.8) is 0 Å². The van der Waals surface area contributed by atoms with Crippen LogP contribution in [0.5, 0.6) is 5.75 Å². The second-order valence-corrected chi connectivity index (χ2v) is 6.69. The van der Waals surface area contributed by atoms with E-state index in [2.05, 4.69) is 27.0 Å². The third kappa shape index (κ3) is 3.27. The Morgan fingerprint density at radius 1 is 1.19 bits per heavy atom. The van der Waals surface area contributed by atoms with Gasteiger partial charge in [0.1, 0.15) is 11.3 Å². The van der Waals surface area contributed by atoms with Gasteiger partial charge in [0.2, 0.25) is 0 Å². The molecule has 2 N–H and O–H groups in total. The van der Waals surface area contributed by atoms with Crippen LogP contribution >= 0.6 is 0 Å². The van der Waals surface area contributed by atoms with Crippen LogP contribution in [0.4, 0.5) is 0 Å². The summed E-state index contributed by atoms with van der Waals surface area (Å²) >= 11 is 0. The average Bonchev–Trinajstić information content (AvgIpc) is 3.28. The summed E-state index contributed by atoms with van der Waals surface area (Å²) in [7, 11) is 1.69. The number of rotatable bonds is 6. The van der Waals surface area contributed by atoms with Crippen molar-refractivity contribution in [3.8, 4) is 5.75 Å². The van der Waals surface area contributed by atoms with Crippen molar-refractivity contribution in [2.75, 3.05) is 26.7 Å². The standard InChI is InChI=1S/C19H24N6O/c1-26-16-4-2-14(3-5-16)12-24-10-6-15(13-24)17-18-19(22-9-8-21-18)25(23-17)11-7-20/h2-5,8-9,15H,6-7,10-13,20H2,1H3/t15-/m0/s1. The van der Waals surface area contributed by atoms with Crippen LogP contribution in [0.25, 0.3) is 11.2 Å². The predicted molar refractivity (Wildman–Crippen MR) is 100 cm³/mol. The van der Waals surface area contributed by atoms with E-state index in [1.54, 1.807) is 19.5 Å². The zero-order valence-electron chi connectivity index (χ0n) is 15.0. The van der Waals surface area contributed by atoms with Gasteiger partial charge in [0, 0.05) is 37.9 Å². The van der Waals surface area contributed by atoms with Crippen LogP contribution in [0.3, 0.4) is 0 Å². The molecule has 1 aliphatic heterocycles. The van der Waals surface area contributed by atoms with Crippen LogP contribution in [0.15, 0.2) is 36.7 Å². The maximum absolute atomic E-state index is 5.72. The first-order valence-corrected chi connectivity index (χ1v) is 9.01. The normalized spacial score (nSPS) is 17.8. The lowest BCUT2D eigenvalue weighted by Crippen LogP contribution is -2.20. The minimum atomic E-state index is 0.381. The highest BCUT2D eigenvalue weighted by atomic mass is 16.5. The summed E-state index contributed by atoms with van der Waals surface area (Å²) in [6, 6.07) is 8.28. The first-order chi connectivity index (χ1) is 12.8. The monoisotopic (exact) mass is 352 g/mol. The van der Waals surface area contributed by atoms with Gasteiger partial charge in [-0.15, -0.1) is 0 Å². The number of fused-ring (bicyclic) bond motifs is 1. The molecule has 0 spiro atoms. The Kier molecular flexibility index (Phi) is 4.81. The Bertz CT molecular complexity index is 875. The number of ether oxygens (including phenoxy) is 1. The topological polar surface area (TPSA) is 82.1 Å². The summed E-state index contributed by atoms with van der Waals surface area (Å²) < 4.78 is 7.12. The van der Waals surface area contributed by atoms with Crippen molar-refractivity contribution < 1.29 is 4.74 Å². The van der Waals surface area contributed by atoms with Gasteiger partial charge in [0.05, 0.1) is 19.3 Å². The van der Waals surface area contributed by atoms with Crippen LogP contribution < -0.4 is 10.5 Å². The third-order valence-electron chi connectivity index (χ3n) is 4.96. The molecule has 1 fully saturated rings. The Morgan fingerprint density at radius 2 is 2.00 bits per heavy atom. The number of likely N-dealkylation sites (tertiary alicyclic amines) is 1. The molecule has 0 amide bonds. The molecule has 2 aromatic heterocycles. The maximum Gasteiger partial charge on any atom is 0.177 e. The highest BCUT2D eigenvalue weighted by Gasteiger charge is 2.28. The molecule has 3 aromatic rings. The fraction of sp³-hybridized carbons (Fsp3) is 0.421. The van der Waals surface area contributed by atoms with Crippen LogP contribution in [0.2, 0.25) is 0 Å². The zero-order valence-corrected chi connectivity index (χ0v) is 15.0. The zero-order chi connectivity index (χ0) is 17.9. The molecule has 0 bridgehead atoms. The Hall–Kier alpha value is -2.51. The van der Waals surface area contributed by atoms with Gasteiger partial charge in [0.15, 0.2) is 5.65 Å². The smallest absolute Gasteiger partial charge is 0.177 e. The van der Waals surface area contributed by atoms with Crippen molar-refractivity contribution in [3.05, 3.63) is 47.9 Å². The van der Waals surface area contributed by atoms with Gasteiger partial charge in [-0.2, -0.15) is 5.10 Å². The molecule has 7 nitrogen and oxygen atoms in total. The minimum absolute atomic E-state index is 0.381. The summed E-state index contributed by atoms with van der Waals surface area (Å²) in [6.45, 7) is 4.19. The van der Waals surface area contributed by atoms with Gasteiger partial charge in [0.25, 0.3) is 0 Å². The van der Waals surface area contributed by atoms with E-state index in [1.165, 1.54) is 5.56 Å². The van der Waals surface area contributed by atoms with Gasteiger partial charge in [-0.1, -0.05) is 12.1 Å². The third-order valence-corrected chi connectivity index (χ3v) is 4.96.